The van der Waals surface area contributed by atoms with Crippen molar-refractivity contribution in [2.75, 3.05) is 12.9 Å². The molecule has 0 aliphatic heterocycles. The SMILES string of the molecule is COc1ccc(CCSc2nnc(C)n2-c2ccc(C)cc2)cc1. The number of methoxy groups -OCH3 is 1. The van der Waals surface area contributed by atoms with E-state index < -0.39 is 0 Å². The molecule has 0 saturated carbocycles. The molecule has 3 rings (SSSR count). The van der Waals surface area contributed by atoms with Crippen molar-refractivity contribution < 1.29 is 4.74 Å². The fourth-order valence-corrected chi connectivity index (χ4v) is 3.47. The topological polar surface area (TPSA) is 39.9 Å². The smallest absolute Gasteiger partial charge is 0.195 e. The van der Waals surface area contributed by atoms with Crippen LogP contribution in [0.2, 0.25) is 0 Å². The maximum atomic E-state index is 5.19. The largest absolute Gasteiger partial charge is 0.497 e. The molecule has 2 aromatic carbocycles. The van der Waals surface area contributed by atoms with Crippen LogP contribution in [0.5, 0.6) is 5.75 Å². The Morgan fingerprint density at radius 1 is 0.958 bits per heavy atom. The van der Waals surface area contributed by atoms with Crippen LogP contribution in [0.1, 0.15) is 17.0 Å². The molecule has 1 aromatic heterocycles. The van der Waals surface area contributed by atoms with Crippen LogP contribution in [0, 0.1) is 13.8 Å². The van der Waals surface area contributed by atoms with Gasteiger partial charge in [0.15, 0.2) is 5.16 Å². The van der Waals surface area contributed by atoms with E-state index in [1.165, 1.54) is 11.1 Å². The summed E-state index contributed by atoms with van der Waals surface area (Å²) >= 11 is 1.73. The average molecular weight is 339 g/mol. The molecule has 3 aromatic rings. The number of hydrogen-bond donors (Lipinski definition) is 0. The van der Waals surface area contributed by atoms with Gasteiger partial charge in [-0.2, -0.15) is 0 Å². The number of aromatic nitrogens is 3. The molecule has 124 valence electrons. The van der Waals surface area contributed by atoms with Crippen LogP contribution in [-0.4, -0.2) is 27.6 Å². The fourth-order valence-electron chi connectivity index (χ4n) is 2.48. The first-order valence-electron chi connectivity index (χ1n) is 7.92. The maximum Gasteiger partial charge on any atom is 0.195 e. The van der Waals surface area contributed by atoms with E-state index in [1.807, 2.05) is 19.1 Å². The number of hydrogen-bond acceptors (Lipinski definition) is 4. The summed E-state index contributed by atoms with van der Waals surface area (Å²) in [5.41, 5.74) is 3.65. The van der Waals surface area contributed by atoms with Crippen molar-refractivity contribution in [3.05, 3.63) is 65.5 Å². The molecule has 0 bridgehead atoms. The first-order chi connectivity index (χ1) is 11.7. The minimum Gasteiger partial charge on any atom is -0.497 e. The molecule has 4 nitrogen and oxygen atoms in total. The molecule has 0 unspecified atom stereocenters. The van der Waals surface area contributed by atoms with Crippen LogP contribution in [0.15, 0.2) is 53.7 Å². The van der Waals surface area contributed by atoms with Gasteiger partial charge >= 0.3 is 0 Å². The lowest BCUT2D eigenvalue weighted by atomic mass is 10.2. The third kappa shape index (κ3) is 3.79. The first-order valence-corrected chi connectivity index (χ1v) is 8.91. The molecule has 5 heteroatoms. The van der Waals surface area contributed by atoms with Gasteiger partial charge in [-0.05, 0) is 50.1 Å². The van der Waals surface area contributed by atoms with Gasteiger partial charge in [-0.1, -0.05) is 41.6 Å². The molecule has 0 aliphatic carbocycles. The lowest BCUT2D eigenvalue weighted by molar-refractivity contribution is 0.414. The summed E-state index contributed by atoms with van der Waals surface area (Å²) in [6.45, 7) is 4.08. The Hall–Kier alpha value is -2.27. The Bertz CT molecular complexity index is 794. The fraction of sp³-hybridized carbons (Fsp3) is 0.263. The Morgan fingerprint density at radius 3 is 2.33 bits per heavy atom. The monoisotopic (exact) mass is 339 g/mol. The van der Waals surface area contributed by atoms with Crippen molar-refractivity contribution >= 4 is 11.8 Å². The molecule has 0 N–H and O–H groups in total. The number of aryl methyl sites for hydroxylation is 3. The second kappa shape index (κ2) is 7.53. The van der Waals surface area contributed by atoms with Crippen molar-refractivity contribution in [1.82, 2.24) is 14.8 Å². The molecule has 0 fully saturated rings. The number of nitrogens with zero attached hydrogens (tertiary/aromatic N) is 3. The number of benzene rings is 2. The minimum absolute atomic E-state index is 0.890. The Morgan fingerprint density at radius 2 is 1.67 bits per heavy atom. The standard InChI is InChI=1S/C19H21N3OS/c1-14-4-8-17(9-5-14)22-15(2)20-21-19(22)24-13-12-16-6-10-18(23-3)11-7-16/h4-11H,12-13H2,1-3H3. The third-order valence-corrected chi connectivity index (χ3v) is 4.80. The number of ether oxygens (including phenoxy) is 1. The summed E-state index contributed by atoms with van der Waals surface area (Å²) in [4.78, 5) is 0. The van der Waals surface area contributed by atoms with Crippen LogP contribution < -0.4 is 4.74 Å². The molecule has 1 heterocycles. The van der Waals surface area contributed by atoms with Gasteiger partial charge in [-0.25, -0.2) is 0 Å². The molecule has 0 amide bonds. The van der Waals surface area contributed by atoms with Gasteiger partial charge in [-0.3, -0.25) is 4.57 Å². The Balaban J connectivity index is 1.68. The zero-order valence-electron chi connectivity index (χ0n) is 14.2. The molecule has 0 radical (unpaired) electrons. The van der Waals surface area contributed by atoms with Crippen LogP contribution in [-0.2, 0) is 6.42 Å². The van der Waals surface area contributed by atoms with E-state index in [0.717, 1.165) is 34.6 Å². The zero-order valence-corrected chi connectivity index (χ0v) is 15.0. The van der Waals surface area contributed by atoms with Crippen molar-refractivity contribution in [3.8, 4) is 11.4 Å². The molecule has 0 atom stereocenters. The minimum atomic E-state index is 0.890. The summed E-state index contributed by atoms with van der Waals surface area (Å²) in [7, 11) is 1.69. The van der Waals surface area contributed by atoms with Crippen molar-refractivity contribution in [2.45, 2.75) is 25.4 Å². The molecule has 24 heavy (non-hydrogen) atoms. The van der Waals surface area contributed by atoms with Gasteiger partial charge in [0, 0.05) is 11.4 Å². The Labute approximate surface area is 146 Å². The van der Waals surface area contributed by atoms with Gasteiger partial charge in [0.25, 0.3) is 0 Å². The predicted octanol–water partition coefficient (Wildman–Crippen LogP) is 4.23. The lowest BCUT2D eigenvalue weighted by Crippen LogP contribution is -2.00. The third-order valence-electron chi connectivity index (χ3n) is 3.87. The molecule has 0 spiro atoms. The van der Waals surface area contributed by atoms with Gasteiger partial charge in [-0.15, -0.1) is 10.2 Å². The highest BCUT2D eigenvalue weighted by Crippen LogP contribution is 2.23. The summed E-state index contributed by atoms with van der Waals surface area (Å²) in [6.07, 6.45) is 0.981. The second-order valence-corrected chi connectivity index (χ2v) is 6.71. The summed E-state index contributed by atoms with van der Waals surface area (Å²) in [6, 6.07) is 16.7. The van der Waals surface area contributed by atoms with Crippen LogP contribution in [0.25, 0.3) is 5.69 Å². The summed E-state index contributed by atoms with van der Waals surface area (Å²) in [5.74, 6) is 2.75. The molecule has 0 saturated heterocycles. The zero-order chi connectivity index (χ0) is 16.9. The quantitative estimate of drug-likeness (QED) is 0.630. The maximum absolute atomic E-state index is 5.19. The molecular weight excluding hydrogens is 318 g/mol. The van der Waals surface area contributed by atoms with Gasteiger partial charge in [0.1, 0.15) is 11.6 Å². The van der Waals surface area contributed by atoms with E-state index in [-0.39, 0.29) is 0 Å². The lowest BCUT2D eigenvalue weighted by Gasteiger charge is -2.09. The van der Waals surface area contributed by atoms with E-state index in [9.17, 15) is 0 Å². The van der Waals surface area contributed by atoms with Gasteiger partial charge in [0.05, 0.1) is 7.11 Å². The highest BCUT2D eigenvalue weighted by Gasteiger charge is 2.11. The van der Waals surface area contributed by atoms with E-state index >= 15 is 0 Å². The highest BCUT2D eigenvalue weighted by atomic mass is 32.2. The Kier molecular flexibility index (Phi) is 5.20. The van der Waals surface area contributed by atoms with Gasteiger partial charge < -0.3 is 4.74 Å². The molecule has 0 aliphatic rings. The van der Waals surface area contributed by atoms with E-state index in [1.54, 1.807) is 18.9 Å². The number of thioether (sulfide) groups is 1. The molecular formula is C19H21N3OS. The van der Waals surface area contributed by atoms with Crippen molar-refractivity contribution in [1.29, 1.82) is 0 Å². The average Bonchev–Trinajstić information content (AvgIpc) is 2.97. The van der Waals surface area contributed by atoms with Crippen LogP contribution in [0.4, 0.5) is 0 Å². The summed E-state index contributed by atoms with van der Waals surface area (Å²) < 4.78 is 7.30. The van der Waals surface area contributed by atoms with Crippen LogP contribution >= 0.6 is 11.8 Å². The second-order valence-electron chi connectivity index (χ2n) is 5.65. The summed E-state index contributed by atoms with van der Waals surface area (Å²) in [5, 5.41) is 9.50. The van der Waals surface area contributed by atoms with E-state index in [0.29, 0.717) is 0 Å². The van der Waals surface area contributed by atoms with Crippen LogP contribution in [0.3, 0.4) is 0 Å². The van der Waals surface area contributed by atoms with Gasteiger partial charge in [0.2, 0.25) is 0 Å². The van der Waals surface area contributed by atoms with Crippen molar-refractivity contribution in [2.24, 2.45) is 0 Å². The first kappa shape index (κ1) is 16.6. The van der Waals surface area contributed by atoms with E-state index in [4.69, 9.17) is 4.74 Å². The van der Waals surface area contributed by atoms with Crippen molar-refractivity contribution in [3.63, 3.8) is 0 Å². The highest BCUT2D eigenvalue weighted by molar-refractivity contribution is 7.99. The normalized spacial score (nSPS) is 10.8. The number of rotatable bonds is 6. The predicted molar refractivity (Wildman–Crippen MR) is 98.3 cm³/mol. The van der Waals surface area contributed by atoms with E-state index in [2.05, 4.69) is 58.1 Å².